The van der Waals surface area contributed by atoms with Crippen molar-refractivity contribution in [2.24, 2.45) is 0 Å². The average molecular weight is 334 g/mol. The maximum Gasteiger partial charge on any atom is 0.416 e. The molecule has 0 N–H and O–H groups in total. The van der Waals surface area contributed by atoms with Crippen LogP contribution < -0.4 is 0 Å². The number of ether oxygens (including phenoxy) is 1. The molecule has 1 nitrogen and oxygen atoms in total. The summed E-state index contributed by atoms with van der Waals surface area (Å²) in [6.45, 7) is 4.10. The third kappa shape index (κ3) is 3.34. The van der Waals surface area contributed by atoms with Gasteiger partial charge in [0.2, 0.25) is 0 Å². The Morgan fingerprint density at radius 2 is 1.67 bits per heavy atom. The first-order valence-corrected chi connectivity index (χ1v) is 8.20. The molecule has 1 heterocycles. The van der Waals surface area contributed by atoms with E-state index in [2.05, 4.69) is 19.1 Å². The summed E-state index contributed by atoms with van der Waals surface area (Å²) < 4.78 is 44.4. The molecule has 0 spiro atoms. The summed E-state index contributed by atoms with van der Waals surface area (Å²) in [5, 5.41) is 0. The van der Waals surface area contributed by atoms with Crippen LogP contribution in [0.15, 0.2) is 54.6 Å². The van der Waals surface area contributed by atoms with Crippen LogP contribution in [0.4, 0.5) is 13.2 Å². The van der Waals surface area contributed by atoms with E-state index >= 15 is 0 Å². The summed E-state index contributed by atoms with van der Waals surface area (Å²) in [6.07, 6.45) is -2.48. The highest BCUT2D eigenvalue weighted by molar-refractivity contribution is 5.28. The number of halogens is 3. The summed E-state index contributed by atoms with van der Waals surface area (Å²) in [6, 6.07) is 15.5. The zero-order valence-corrected chi connectivity index (χ0v) is 13.8. The van der Waals surface area contributed by atoms with Gasteiger partial charge in [-0.1, -0.05) is 49.4 Å². The third-order valence-electron chi connectivity index (χ3n) is 5.02. The molecule has 24 heavy (non-hydrogen) atoms. The molecule has 0 aliphatic carbocycles. The molecule has 0 aromatic heterocycles. The van der Waals surface area contributed by atoms with Crippen molar-refractivity contribution in [2.45, 2.75) is 50.5 Å². The van der Waals surface area contributed by atoms with Crippen molar-refractivity contribution < 1.29 is 17.9 Å². The first kappa shape index (κ1) is 17.0. The van der Waals surface area contributed by atoms with Crippen LogP contribution >= 0.6 is 0 Å². The topological polar surface area (TPSA) is 9.23 Å². The van der Waals surface area contributed by atoms with E-state index in [9.17, 15) is 13.2 Å². The Bertz CT molecular complexity index is 678. The van der Waals surface area contributed by atoms with E-state index in [0.29, 0.717) is 0 Å². The Morgan fingerprint density at radius 3 is 2.25 bits per heavy atom. The minimum absolute atomic E-state index is 0.00643. The molecule has 0 radical (unpaired) electrons. The Kier molecular flexibility index (Phi) is 4.43. The van der Waals surface area contributed by atoms with Crippen LogP contribution in [-0.2, 0) is 16.5 Å². The van der Waals surface area contributed by atoms with Crippen LogP contribution in [0.2, 0.25) is 0 Å². The van der Waals surface area contributed by atoms with Gasteiger partial charge in [-0.2, -0.15) is 13.2 Å². The van der Waals surface area contributed by atoms with E-state index in [1.54, 1.807) is 12.1 Å². The first-order chi connectivity index (χ1) is 11.3. The molecule has 0 amide bonds. The standard InChI is InChI=1S/C20H21F3O/c1-14(15-8-10-17(11-9-15)20(21,22)23)18-12-13-19(2,24-18)16-6-4-3-5-7-16/h3-11,14,18H,12-13H2,1-2H3/t14-,18-,19-/m0/s1. The molecule has 0 bridgehead atoms. The fourth-order valence-electron chi connectivity index (χ4n) is 3.42. The number of hydrogen-bond acceptors (Lipinski definition) is 1. The van der Waals surface area contributed by atoms with Crippen LogP contribution in [0.3, 0.4) is 0 Å². The van der Waals surface area contributed by atoms with Gasteiger partial charge in [0.1, 0.15) is 0 Å². The van der Waals surface area contributed by atoms with Crippen molar-refractivity contribution in [3.05, 3.63) is 71.3 Å². The van der Waals surface area contributed by atoms with Gasteiger partial charge < -0.3 is 4.74 Å². The van der Waals surface area contributed by atoms with Crippen molar-refractivity contribution >= 4 is 0 Å². The smallest absolute Gasteiger partial charge is 0.367 e. The molecule has 1 aliphatic rings. The minimum Gasteiger partial charge on any atom is -0.367 e. The van der Waals surface area contributed by atoms with Crippen LogP contribution in [-0.4, -0.2) is 6.10 Å². The second-order valence-electron chi connectivity index (χ2n) is 6.70. The molecule has 128 valence electrons. The number of rotatable bonds is 3. The zero-order valence-electron chi connectivity index (χ0n) is 13.8. The lowest BCUT2D eigenvalue weighted by Crippen LogP contribution is -2.24. The molecule has 0 unspecified atom stereocenters. The first-order valence-electron chi connectivity index (χ1n) is 8.20. The Morgan fingerprint density at radius 1 is 1.04 bits per heavy atom. The number of benzene rings is 2. The van der Waals surface area contributed by atoms with Crippen molar-refractivity contribution in [1.29, 1.82) is 0 Å². The van der Waals surface area contributed by atoms with Crippen molar-refractivity contribution in [3.63, 3.8) is 0 Å². The van der Waals surface area contributed by atoms with Crippen molar-refractivity contribution in [2.75, 3.05) is 0 Å². The maximum atomic E-state index is 12.7. The Hall–Kier alpha value is -1.81. The SMILES string of the molecule is C[C@@H](c1ccc(C(F)(F)F)cc1)[C@@H]1CC[C@@](C)(c2ccccc2)O1. The highest BCUT2D eigenvalue weighted by atomic mass is 19.4. The summed E-state index contributed by atoms with van der Waals surface area (Å²) >= 11 is 0. The highest BCUT2D eigenvalue weighted by Crippen LogP contribution is 2.43. The molecule has 1 saturated heterocycles. The summed E-state index contributed by atoms with van der Waals surface area (Å²) in [5.41, 5.74) is 1.09. The second kappa shape index (κ2) is 6.25. The predicted octanol–water partition coefficient (Wildman–Crippen LogP) is 5.90. The lowest BCUT2D eigenvalue weighted by Gasteiger charge is -2.28. The van der Waals surface area contributed by atoms with E-state index < -0.39 is 11.7 Å². The van der Waals surface area contributed by atoms with E-state index in [4.69, 9.17) is 4.74 Å². The number of alkyl halides is 3. The quantitative estimate of drug-likeness (QED) is 0.678. The van der Waals surface area contributed by atoms with Gasteiger partial charge in [0, 0.05) is 5.92 Å². The van der Waals surface area contributed by atoms with Crippen LogP contribution in [0.25, 0.3) is 0 Å². The lowest BCUT2D eigenvalue weighted by molar-refractivity contribution is -0.137. The molecule has 4 heteroatoms. The Labute approximate surface area is 140 Å². The normalized spacial score (nSPS) is 25.6. The van der Waals surface area contributed by atoms with Gasteiger partial charge in [-0.25, -0.2) is 0 Å². The van der Waals surface area contributed by atoms with E-state index in [1.807, 2.05) is 25.1 Å². The predicted molar refractivity (Wildman–Crippen MR) is 87.8 cm³/mol. The van der Waals surface area contributed by atoms with Crippen LogP contribution in [0.5, 0.6) is 0 Å². The molecule has 1 fully saturated rings. The second-order valence-corrected chi connectivity index (χ2v) is 6.70. The van der Waals surface area contributed by atoms with Crippen molar-refractivity contribution in [1.82, 2.24) is 0 Å². The van der Waals surface area contributed by atoms with Crippen molar-refractivity contribution in [3.8, 4) is 0 Å². The van der Waals surface area contributed by atoms with Crippen LogP contribution in [0, 0.1) is 0 Å². The third-order valence-corrected chi connectivity index (χ3v) is 5.02. The Balaban J connectivity index is 1.74. The van der Waals surface area contributed by atoms with E-state index in [-0.39, 0.29) is 17.6 Å². The summed E-state index contributed by atoms with van der Waals surface area (Å²) in [4.78, 5) is 0. The molecule has 0 saturated carbocycles. The molecule has 2 aromatic carbocycles. The van der Waals surface area contributed by atoms with Gasteiger partial charge in [0.25, 0.3) is 0 Å². The van der Waals surface area contributed by atoms with Gasteiger partial charge in [-0.15, -0.1) is 0 Å². The molecule has 2 aromatic rings. The molecule has 3 atom stereocenters. The average Bonchev–Trinajstić information content (AvgIpc) is 2.98. The van der Waals surface area contributed by atoms with Gasteiger partial charge >= 0.3 is 6.18 Å². The number of hydrogen-bond donors (Lipinski definition) is 0. The largest absolute Gasteiger partial charge is 0.416 e. The fraction of sp³-hybridized carbons (Fsp3) is 0.400. The zero-order chi connectivity index (χ0) is 17.4. The van der Waals surface area contributed by atoms with Gasteiger partial charge in [-0.3, -0.25) is 0 Å². The molecule has 1 aliphatic heterocycles. The summed E-state index contributed by atoms with van der Waals surface area (Å²) in [7, 11) is 0. The van der Waals surface area contributed by atoms with E-state index in [1.165, 1.54) is 0 Å². The maximum absolute atomic E-state index is 12.7. The van der Waals surface area contributed by atoms with Crippen LogP contribution in [0.1, 0.15) is 49.3 Å². The molecular weight excluding hydrogens is 313 g/mol. The van der Waals surface area contributed by atoms with E-state index in [0.717, 1.165) is 36.1 Å². The lowest BCUT2D eigenvalue weighted by atomic mass is 9.90. The molecular formula is C20H21F3O. The van der Waals surface area contributed by atoms with Gasteiger partial charge in [0.05, 0.1) is 17.3 Å². The fourth-order valence-corrected chi connectivity index (χ4v) is 3.42. The summed E-state index contributed by atoms with van der Waals surface area (Å²) in [5.74, 6) is 0.0535. The molecule has 3 rings (SSSR count). The van der Waals surface area contributed by atoms with Gasteiger partial charge in [0.15, 0.2) is 0 Å². The highest BCUT2D eigenvalue weighted by Gasteiger charge is 2.40. The van der Waals surface area contributed by atoms with Gasteiger partial charge in [-0.05, 0) is 43.0 Å². The monoisotopic (exact) mass is 334 g/mol. The minimum atomic E-state index is -4.29.